The third kappa shape index (κ3) is 3.58. The predicted octanol–water partition coefficient (Wildman–Crippen LogP) is 2.89. The highest BCUT2D eigenvalue weighted by molar-refractivity contribution is 5.87. The summed E-state index contributed by atoms with van der Waals surface area (Å²) in [6, 6.07) is 8.26. The summed E-state index contributed by atoms with van der Waals surface area (Å²) in [6.45, 7) is 10.5. The van der Waals surface area contributed by atoms with Crippen molar-refractivity contribution in [3.63, 3.8) is 0 Å². The Bertz CT molecular complexity index is 498. The molecule has 1 saturated heterocycles. The van der Waals surface area contributed by atoms with Gasteiger partial charge in [0, 0.05) is 13.1 Å². The van der Waals surface area contributed by atoms with Crippen molar-refractivity contribution in [1.82, 2.24) is 4.90 Å². The maximum Gasteiger partial charge on any atom is 0.232 e. The lowest BCUT2D eigenvalue weighted by Gasteiger charge is -2.31. The molecule has 1 aromatic carbocycles. The van der Waals surface area contributed by atoms with Gasteiger partial charge in [-0.05, 0) is 44.7 Å². The lowest BCUT2D eigenvalue weighted by Crippen LogP contribution is -2.43. The van der Waals surface area contributed by atoms with E-state index in [-0.39, 0.29) is 23.7 Å². The molecule has 1 fully saturated rings. The van der Waals surface area contributed by atoms with Crippen molar-refractivity contribution in [2.75, 3.05) is 19.6 Å². The fraction of sp³-hybridized carbons (Fsp3) is 0.588. The van der Waals surface area contributed by atoms with Crippen LogP contribution in [0.15, 0.2) is 24.3 Å². The van der Waals surface area contributed by atoms with Gasteiger partial charge in [-0.3, -0.25) is 4.79 Å². The van der Waals surface area contributed by atoms with Crippen LogP contribution >= 0.6 is 12.4 Å². The number of carbonyl (C=O) groups is 1. The summed E-state index contributed by atoms with van der Waals surface area (Å²) in [5, 5.41) is 0. The first-order valence-corrected chi connectivity index (χ1v) is 7.35. The number of nitrogens with zero attached hydrogens (tertiary/aromatic N) is 1. The van der Waals surface area contributed by atoms with Crippen LogP contribution in [0.5, 0.6) is 0 Å². The lowest BCUT2D eigenvalue weighted by atomic mass is 9.82. The molecule has 0 spiro atoms. The number of hydrogen-bond donors (Lipinski definition) is 1. The van der Waals surface area contributed by atoms with Crippen LogP contribution in [0.4, 0.5) is 0 Å². The number of nitrogens with two attached hydrogens (primary N) is 1. The number of amides is 1. The molecule has 2 rings (SSSR count). The van der Waals surface area contributed by atoms with Gasteiger partial charge in [0.2, 0.25) is 5.91 Å². The van der Waals surface area contributed by atoms with Gasteiger partial charge in [0.25, 0.3) is 0 Å². The average molecular weight is 311 g/mol. The standard InChI is InChI=1S/C17H26N2O.ClH/c1-13-5-7-14(8-6-13)16(2,3)15(20)19-10-9-17(4,11-18)12-19;/h5-8H,9-12,18H2,1-4H3;1H. The highest BCUT2D eigenvalue weighted by Gasteiger charge is 2.40. The first kappa shape index (κ1) is 18.0. The first-order valence-electron chi connectivity index (χ1n) is 7.35. The summed E-state index contributed by atoms with van der Waals surface area (Å²) in [5.41, 5.74) is 7.73. The van der Waals surface area contributed by atoms with E-state index in [1.165, 1.54) is 5.56 Å². The van der Waals surface area contributed by atoms with Crippen molar-refractivity contribution in [3.05, 3.63) is 35.4 Å². The van der Waals surface area contributed by atoms with Crippen molar-refractivity contribution in [2.24, 2.45) is 11.1 Å². The molecule has 0 radical (unpaired) electrons. The summed E-state index contributed by atoms with van der Waals surface area (Å²) in [6.07, 6.45) is 0.999. The van der Waals surface area contributed by atoms with Gasteiger partial charge in [0.15, 0.2) is 0 Å². The van der Waals surface area contributed by atoms with Gasteiger partial charge < -0.3 is 10.6 Å². The van der Waals surface area contributed by atoms with Crippen LogP contribution in [0.25, 0.3) is 0 Å². The highest BCUT2D eigenvalue weighted by atomic mass is 35.5. The Hall–Kier alpha value is -1.06. The molecule has 0 aliphatic carbocycles. The van der Waals surface area contributed by atoms with Crippen molar-refractivity contribution in [2.45, 2.75) is 39.5 Å². The zero-order valence-corrected chi connectivity index (χ0v) is 14.3. The number of rotatable bonds is 3. The minimum Gasteiger partial charge on any atom is -0.341 e. The van der Waals surface area contributed by atoms with E-state index in [1.807, 2.05) is 18.7 Å². The molecule has 0 saturated carbocycles. The van der Waals surface area contributed by atoms with Gasteiger partial charge in [-0.2, -0.15) is 0 Å². The van der Waals surface area contributed by atoms with Crippen LogP contribution in [0, 0.1) is 12.3 Å². The first-order chi connectivity index (χ1) is 9.28. The summed E-state index contributed by atoms with van der Waals surface area (Å²) in [4.78, 5) is 14.8. The smallest absolute Gasteiger partial charge is 0.232 e. The van der Waals surface area contributed by atoms with Crippen molar-refractivity contribution < 1.29 is 4.79 Å². The van der Waals surface area contributed by atoms with Crippen LogP contribution in [0.1, 0.15) is 38.3 Å². The number of aryl methyl sites for hydroxylation is 1. The number of hydrogen-bond acceptors (Lipinski definition) is 2. The Morgan fingerprint density at radius 3 is 2.38 bits per heavy atom. The predicted molar refractivity (Wildman–Crippen MR) is 89.8 cm³/mol. The van der Waals surface area contributed by atoms with Gasteiger partial charge in [-0.15, -0.1) is 12.4 Å². The molecule has 2 N–H and O–H groups in total. The van der Waals surface area contributed by atoms with Gasteiger partial charge in [-0.25, -0.2) is 0 Å². The molecule has 21 heavy (non-hydrogen) atoms. The molecule has 1 heterocycles. The molecule has 4 heteroatoms. The summed E-state index contributed by atoms with van der Waals surface area (Å²) in [7, 11) is 0. The molecule has 1 amide bonds. The van der Waals surface area contributed by atoms with Crippen LogP contribution in [0.2, 0.25) is 0 Å². The van der Waals surface area contributed by atoms with E-state index in [2.05, 4.69) is 38.1 Å². The van der Waals surface area contributed by atoms with E-state index < -0.39 is 5.41 Å². The Kier molecular flexibility index (Phi) is 5.46. The minimum absolute atomic E-state index is 0. The maximum atomic E-state index is 12.8. The van der Waals surface area contributed by atoms with Gasteiger partial charge in [-0.1, -0.05) is 36.8 Å². The fourth-order valence-corrected chi connectivity index (χ4v) is 2.85. The van der Waals surface area contributed by atoms with Gasteiger partial charge in [0.1, 0.15) is 0 Å². The summed E-state index contributed by atoms with van der Waals surface area (Å²) >= 11 is 0. The normalized spacial score (nSPS) is 22.0. The molecular weight excluding hydrogens is 284 g/mol. The Labute approximate surface area is 134 Å². The van der Waals surface area contributed by atoms with Gasteiger partial charge in [0.05, 0.1) is 5.41 Å². The SMILES string of the molecule is Cc1ccc(C(C)(C)C(=O)N2CCC(C)(CN)C2)cc1.Cl. The molecule has 0 bridgehead atoms. The van der Waals surface area contributed by atoms with E-state index in [9.17, 15) is 4.79 Å². The highest BCUT2D eigenvalue weighted by Crippen LogP contribution is 2.33. The molecule has 3 nitrogen and oxygen atoms in total. The average Bonchev–Trinajstić information content (AvgIpc) is 2.82. The molecular formula is C17H27ClN2O. The third-order valence-corrected chi connectivity index (χ3v) is 4.65. The maximum absolute atomic E-state index is 12.8. The van der Waals surface area contributed by atoms with E-state index in [4.69, 9.17) is 5.73 Å². The molecule has 1 atom stereocenters. The molecule has 1 unspecified atom stereocenters. The zero-order chi connectivity index (χ0) is 15.0. The summed E-state index contributed by atoms with van der Waals surface area (Å²) < 4.78 is 0. The fourth-order valence-electron chi connectivity index (χ4n) is 2.85. The monoisotopic (exact) mass is 310 g/mol. The Morgan fingerprint density at radius 2 is 1.90 bits per heavy atom. The van der Waals surface area contributed by atoms with Crippen LogP contribution in [-0.4, -0.2) is 30.4 Å². The van der Waals surface area contributed by atoms with Crippen LogP contribution in [-0.2, 0) is 10.2 Å². The number of carbonyl (C=O) groups excluding carboxylic acids is 1. The second-order valence-corrected chi connectivity index (χ2v) is 6.98. The zero-order valence-electron chi connectivity index (χ0n) is 13.5. The van der Waals surface area contributed by atoms with E-state index in [1.54, 1.807) is 0 Å². The van der Waals surface area contributed by atoms with Crippen molar-refractivity contribution in [3.8, 4) is 0 Å². The van der Waals surface area contributed by atoms with Crippen molar-refractivity contribution in [1.29, 1.82) is 0 Å². The second-order valence-electron chi connectivity index (χ2n) is 6.98. The molecule has 0 aromatic heterocycles. The third-order valence-electron chi connectivity index (χ3n) is 4.65. The quantitative estimate of drug-likeness (QED) is 0.933. The molecule has 1 aromatic rings. The second kappa shape index (κ2) is 6.37. The lowest BCUT2D eigenvalue weighted by molar-refractivity contribution is -0.135. The van der Waals surface area contributed by atoms with Gasteiger partial charge >= 0.3 is 0 Å². The van der Waals surface area contributed by atoms with E-state index in [0.29, 0.717) is 6.54 Å². The molecule has 1 aliphatic rings. The minimum atomic E-state index is -0.479. The largest absolute Gasteiger partial charge is 0.341 e. The number of likely N-dealkylation sites (tertiary alicyclic amines) is 1. The number of halogens is 1. The topological polar surface area (TPSA) is 46.3 Å². The molecule has 1 aliphatic heterocycles. The Balaban J connectivity index is 0.00000220. The van der Waals surface area contributed by atoms with E-state index in [0.717, 1.165) is 25.1 Å². The van der Waals surface area contributed by atoms with Crippen molar-refractivity contribution >= 4 is 18.3 Å². The van der Waals surface area contributed by atoms with E-state index >= 15 is 0 Å². The molecule has 118 valence electrons. The Morgan fingerprint density at radius 1 is 1.33 bits per heavy atom. The summed E-state index contributed by atoms with van der Waals surface area (Å²) in [5.74, 6) is 0.207. The van der Waals surface area contributed by atoms with Crippen LogP contribution in [0.3, 0.4) is 0 Å². The number of benzene rings is 1. The van der Waals surface area contributed by atoms with Crippen LogP contribution < -0.4 is 5.73 Å².